The molecule has 0 atom stereocenters. The number of nitrogens with one attached hydrogen (secondary N) is 2. The van der Waals surface area contributed by atoms with Gasteiger partial charge in [-0.25, -0.2) is 9.48 Å². The zero-order chi connectivity index (χ0) is 24.4. The van der Waals surface area contributed by atoms with E-state index in [9.17, 15) is 9.59 Å². The Morgan fingerprint density at radius 1 is 1.06 bits per heavy atom. The van der Waals surface area contributed by atoms with Crippen molar-refractivity contribution >= 4 is 46.6 Å². The highest BCUT2D eigenvalue weighted by molar-refractivity contribution is 6.36. The van der Waals surface area contributed by atoms with Gasteiger partial charge in [0.15, 0.2) is 0 Å². The van der Waals surface area contributed by atoms with E-state index in [2.05, 4.69) is 31.4 Å². The molecular weight excluding hydrogens is 449 g/mol. The number of amides is 3. The number of urea groups is 1. The SMILES string of the molecule is CC(C)N(CC(=O)Nc1cc(C(C)(C)C)nn1C(C)(C)C)C(=O)Nc1ccc(Cl)cc1Cl. The van der Waals surface area contributed by atoms with Gasteiger partial charge in [-0.15, -0.1) is 0 Å². The highest BCUT2D eigenvalue weighted by Gasteiger charge is 2.27. The van der Waals surface area contributed by atoms with Crippen LogP contribution in [0.25, 0.3) is 0 Å². The lowest BCUT2D eigenvalue weighted by atomic mass is 9.92. The van der Waals surface area contributed by atoms with Crippen molar-refractivity contribution in [2.24, 2.45) is 0 Å². The molecule has 7 nitrogen and oxygen atoms in total. The second-order valence-corrected chi connectivity index (χ2v) is 10.9. The van der Waals surface area contributed by atoms with Crippen molar-refractivity contribution in [1.82, 2.24) is 14.7 Å². The van der Waals surface area contributed by atoms with Crippen molar-refractivity contribution in [1.29, 1.82) is 0 Å². The Bertz CT molecular complexity index is 987. The highest BCUT2D eigenvalue weighted by Crippen LogP contribution is 2.28. The third-order valence-corrected chi connectivity index (χ3v) is 5.30. The first kappa shape index (κ1) is 26.0. The molecular formula is C23H33Cl2N5O2. The average molecular weight is 482 g/mol. The van der Waals surface area contributed by atoms with E-state index in [1.54, 1.807) is 22.9 Å². The number of nitrogens with zero attached hydrogens (tertiary/aromatic N) is 3. The third kappa shape index (κ3) is 6.62. The third-order valence-electron chi connectivity index (χ3n) is 4.75. The monoisotopic (exact) mass is 481 g/mol. The molecule has 0 fully saturated rings. The van der Waals surface area contributed by atoms with Crippen LogP contribution in [0.15, 0.2) is 24.3 Å². The van der Waals surface area contributed by atoms with Gasteiger partial charge in [0.05, 0.1) is 21.9 Å². The molecule has 32 heavy (non-hydrogen) atoms. The maximum absolute atomic E-state index is 12.9. The highest BCUT2D eigenvalue weighted by atomic mass is 35.5. The van der Waals surface area contributed by atoms with E-state index >= 15 is 0 Å². The van der Waals surface area contributed by atoms with Gasteiger partial charge in [-0.2, -0.15) is 5.10 Å². The molecule has 176 valence electrons. The van der Waals surface area contributed by atoms with Crippen LogP contribution in [-0.2, 0) is 15.7 Å². The molecule has 3 amide bonds. The fraction of sp³-hybridized carbons (Fsp3) is 0.522. The molecule has 0 aliphatic heterocycles. The molecule has 0 aliphatic rings. The van der Waals surface area contributed by atoms with Gasteiger partial charge in [-0.3, -0.25) is 4.79 Å². The van der Waals surface area contributed by atoms with Crippen molar-refractivity contribution in [3.05, 3.63) is 40.0 Å². The first-order valence-corrected chi connectivity index (χ1v) is 11.3. The van der Waals surface area contributed by atoms with Crippen LogP contribution < -0.4 is 10.6 Å². The van der Waals surface area contributed by atoms with Crippen LogP contribution in [0.5, 0.6) is 0 Å². The molecule has 1 aromatic carbocycles. The lowest BCUT2D eigenvalue weighted by Crippen LogP contribution is -2.45. The lowest BCUT2D eigenvalue weighted by Gasteiger charge is -2.27. The maximum Gasteiger partial charge on any atom is 0.322 e. The summed E-state index contributed by atoms with van der Waals surface area (Å²) in [6.45, 7) is 15.8. The molecule has 1 aromatic heterocycles. The minimum atomic E-state index is -0.431. The standard InChI is InChI=1S/C23H33Cl2N5O2/c1-14(2)29(21(32)26-17-10-9-15(24)11-16(17)25)13-20(31)27-19-12-18(22(3,4)5)28-30(19)23(6,7)8/h9-12,14H,13H2,1-8H3,(H,26,32)(H,27,31). The number of carbonyl (C=O) groups is 2. The molecule has 0 saturated heterocycles. The number of carbonyl (C=O) groups excluding carboxylic acids is 2. The van der Waals surface area contributed by atoms with Crippen LogP contribution in [0.2, 0.25) is 10.0 Å². The second-order valence-electron chi connectivity index (χ2n) is 10.1. The number of halogens is 2. The summed E-state index contributed by atoms with van der Waals surface area (Å²) < 4.78 is 1.80. The summed E-state index contributed by atoms with van der Waals surface area (Å²) in [4.78, 5) is 27.2. The predicted octanol–water partition coefficient (Wildman–Crippen LogP) is 6.12. The molecule has 0 radical (unpaired) electrons. The smallest absolute Gasteiger partial charge is 0.313 e. The van der Waals surface area contributed by atoms with E-state index in [4.69, 9.17) is 28.3 Å². The zero-order valence-electron chi connectivity index (χ0n) is 20.0. The summed E-state index contributed by atoms with van der Waals surface area (Å²) in [7, 11) is 0. The van der Waals surface area contributed by atoms with Gasteiger partial charge in [-0.1, -0.05) is 44.0 Å². The summed E-state index contributed by atoms with van der Waals surface area (Å²) in [5, 5.41) is 11.2. The van der Waals surface area contributed by atoms with Crippen molar-refractivity contribution < 1.29 is 9.59 Å². The van der Waals surface area contributed by atoms with E-state index < -0.39 is 6.03 Å². The van der Waals surface area contributed by atoms with Crippen molar-refractivity contribution in [3.8, 4) is 0 Å². The van der Waals surface area contributed by atoms with Gasteiger partial charge in [0.2, 0.25) is 5.91 Å². The normalized spacial score (nSPS) is 12.1. The number of hydrogen-bond donors (Lipinski definition) is 2. The van der Waals surface area contributed by atoms with Crippen LogP contribution >= 0.6 is 23.2 Å². The van der Waals surface area contributed by atoms with Crippen LogP contribution in [0, 0.1) is 0 Å². The summed E-state index contributed by atoms with van der Waals surface area (Å²) >= 11 is 12.1. The quantitative estimate of drug-likeness (QED) is 0.539. The van der Waals surface area contributed by atoms with Gasteiger partial charge in [0.25, 0.3) is 0 Å². The summed E-state index contributed by atoms with van der Waals surface area (Å²) in [6, 6.07) is 6.04. The number of anilines is 2. The molecule has 2 N–H and O–H groups in total. The average Bonchev–Trinajstić information content (AvgIpc) is 3.06. The molecule has 2 aromatic rings. The predicted molar refractivity (Wildman–Crippen MR) is 132 cm³/mol. The maximum atomic E-state index is 12.9. The van der Waals surface area contributed by atoms with Crippen LogP contribution in [0.3, 0.4) is 0 Å². The minimum absolute atomic E-state index is 0.130. The Morgan fingerprint density at radius 3 is 2.19 bits per heavy atom. The first-order valence-electron chi connectivity index (χ1n) is 10.5. The van der Waals surface area contributed by atoms with E-state index in [1.807, 2.05) is 40.7 Å². The number of hydrogen-bond acceptors (Lipinski definition) is 3. The second kappa shape index (κ2) is 9.71. The topological polar surface area (TPSA) is 79.3 Å². The summed E-state index contributed by atoms with van der Waals surface area (Å²) in [5.41, 5.74) is 0.802. The molecule has 2 rings (SSSR count). The van der Waals surface area contributed by atoms with Crippen LogP contribution in [-0.4, -0.2) is 39.2 Å². The van der Waals surface area contributed by atoms with E-state index in [0.29, 0.717) is 21.6 Å². The zero-order valence-corrected chi connectivity index (χ0v) is 21.5. The van der Waals surface area contributed by atoms with Gasteiger partial charge < -0.3 is 15.5 Å². The molecule has 0 unspecified atom stereocenters. The molecule has 0 saturated carbocycles. The van der Waals surface area contributed by atoms with E-state index in [-0.39, 0.29) is 29.4 Å². The Labute approximate surface area is 200 Å². The first-order chi connectivity index (χ1) is 14.6. The van der Waals surface area contributed by atoms with Crippen LogP contribution in [0.4, 0.5) is 16.3 Å². The summed E-state index contributed by atoms with van der Waals surface area (Å²) in [5.74, 6) is 0.277. The van der Waals surface area contributed by atoms with Gasteiger partial charge >= 0.3 is 6.03 Å². The van der Waals surface area contributed by atoms with Crippen molar-refractivity contribution in [3.63, 3.8) is 0 Å². The van der Waals surface area contributed by atoms with Gasteiger partial charge in [0.1, 0.15) is 12.4 Å². The Morgan fingerprint density at radius 2 is 1.69 bits per heavy atom. The molecule has 1 heterocycles. The summed E-state index contributed by atoms with van der Waals surface area (Å²) in [6.07, 6.45) is 0. The van der Waals surface area contributed by atoms with Gasteiger partial charge in [0, 0.05) is 22.5 Å². The molecule has 0 aliphatic carbocycles. The lowest BCUT2D eigenvalue weighted by molar-refractivity contribution is -0.117. The fourth-order valence-corrected chi connectivity index (χ4v) is 3.41. The molecule has 0 spiro atoms. The Hall–Kier alpha value is -2.25. The number of aromatic nitrogens is 2. The van der Waals surface area contributed by atoms with E-state index in [0.717, 1.165) is 5.69 Å². The Balaban J connectivity index is 2.20. The fourth-order valence-electron chi connectivity index (χ4n) is 2.95. The van der Waals surface area contributed by atoms with Crippen LogP contribution in [0.1, 0.15) is 61.1 Å². The van der Waals surface area contributed by atoms with Gasteiger partial charge in [-0.05, 0) is 52.8 Å². The van der Waals surface area contributed by atoms with Crippen molar-refractivity contribution in [2.75, 3.05) is 17.2 Å². The number of rotatable bonds is 5. The molecule has 0 bridgehead atoms. The Kier molecular flexibility index (Phi) is 7.89. The number of benzene rings is 1. The minimum Gasteiger partial charge on any atom is -0.313 e. The van der Waals surface area contributed by atoms with Crippen molar-refractivity contribution in [2.45, 2.75) is 72.4 Å². The molecule has 9 heteroatoms. The van der Waals surface area contributed by atoms with E-state index in [1.165, 1.54) is 4.90 Å². The largest absolute Gasteiger partial charge is 0.322 e.